The number of anilines is 1. The maximum Gasteiger partial charge on any atom is 0.262 e. The fraction of sp³-hybridized carbons (Fsp3) is 0.381. The third kappa shape index (κ3) is 4.89. The van der Waals surface area contributed by atoms with Gasteiger partial charge in [-0.1, -0.05) is 12.1 Å². The molecule has 7 nitrogen and oxygen atoms in total. The van der Waals surface area contributed by atoms with Crippen LogP contribution in [0.5, 0.6) is 11.5 Å². The molecule has 1 N–H and O–H groups in total. The number of hydrogen-bond acceptors (Lipinski definition) is 5. The van der Waals surface area contributed by atoms with Crippen molar-refractivity contribution in [1.82, 2.24) is 4.31 Å². The summed E-state index contributed by atoms with van der Waals surface area (Å²) in [7, 11) is -2.13. The smallest absolute Gasteiger partial charge is 0.262 e. The van der Waals surface area contributed by atoms with E-state index < -0.39 is 15.9 Å². The van der Waals surface area contributed by atoms with Crippen molar-refractivity contribution in [1.29, 1.82) is 0 Å². The van der Waals surface area contributed by atoms with E-state index in [0.29, 0.717) is 30.3 Å². The molecular weight excluding hydrogens is 392 g/mol. The average molecular weight is 419 g/mol. The van der Waals surface area contributed by atoms with Crippen molar-refractivity contribution in [2.75, 3.05) is 32.1 Å². The topological polar surface area (TPSA) is 84.9 Å². The van der Waals surface area contributed by atoms with Crippen LogP contribution in [0.3, 0.4) is 0 Å². The zero-order valence-electron chi connectivity index (χ0n) is 16.9. The van der Waals surface area contributed by atoms with Crippen molar-refractivity contribution in [2.45, 2.75) is 31.6 Å². The molecule has 0 spiro atoms. The molecule has 0 radical (unpaired) electrons. The molecule has 8 heteroatoms. The van der Waals surface area contributed by atoms with E-state index in [4.69, 9.17) is 9.47 Å². The minimum atomic E-state index is -3.59. The van der Waals surface area contributed by atoms with Crippen LogP contribution in [0.25, 0.3) is 0 Å². The molecule has 0 bridgehead atoms. The standard InChI is InChI=1S/C21H26N2O5S/c1-15-6-7-16(2)20(12-15)28-14-21(24)22-18-13-17(8-9-19(18)27-3)29(25,26)23-10-4-5-11-23/h6-9,12-13H,4-5,10-11,14H2,1-3H3,(H,22,24). The predicted octanol–water partition coefficient (Wildman–Crippen LogP) is 3.11. The fourth-order valence-electron chi connectivity index (χ4n) is 3.22. The van der Waals surface area contributed by atoms with Crippen LogP contribution in [0.1, 0.15) is 24.0 Å². The first-order chi connectivity index (χ1) is 13.8. The summed E-state index contributed by atoms with van der Waals surface area (Å²) < 4.78 is 38.0. The lowest BCUT2D eigenvalue weighted by Gasteiger charge is -2.17. The molecule has 2 aromatic rings. The second kappa shape index (κ2) is 8.84. The van der Waals surface area contributed by atoms with Crippen LogP contribution in [0, 0.1) is 13.8 Å². The number of carbonyl (C=O) groups is 1. The Morgan fingerprint density at radius 1 is 1.07 bits per heavy atom. The summed E-state index contributed by atoms with van der Waals surface area (Å²) in [6, 6.07) is 10.2. The lowest BCUT2D eigenvalue weighted by Crippen LogP contribution is -2.28. The van der Waals surface area contributed by atoms with Gasteiger partial charge in [0, 0.05) is 13.1 Å². The van der Waals surface area contributed by atoms with Gasteiger partial charge < -0.3 is 14.8 Å². The van der Waals surface area contributed by atoms with Gasteiger partial charge in [0.2, 0.25) is 10.0 Å². The first kappa shape index (κ1) is 21.1. The van der Waals surface area contributed by atoms with E-state index in [1.54, 1.807) is 6.07 Å². The van der Waals surface area contributed by atoms with Crippen molar-refractivity contribution < 1.29 is 22.7 Å². The molecule has 1 heterocycles. The van der Waals surface area contributed by atoms with Gasteiger partial charge >= 0.3 is 0 Å². The van der Waals surface area contributed by atoms with Gasteiger partial charge in [0.05, 0.1) is 17.7 Å². The second-order valence-corrected chi connectivity index (χ2v) is 9.02. The van der Waals surface area contributed by atoms with E-state index in [9.17, 15) is 13.2 Å². The maximum atomic E-state index is 12.8. The second-order valence-electron chi connectivity index (χ2n) is 7.08. The highest BCUT2D eigenvalue weighted by molar-refractivity contribution is 7.89. The van der Waals surface area contributed by atoms with Gasteiger partial charge in [0.25, 0.3) is 5.91 Å². The number of sulfonamides is 1. The molecule has 156 valence electrons. The lowest BCUT2D eigenvalue weighted by molar-refractivity contribution is -0.118. The Hall–Kier alpha value is -2.58. The first-order valence-electron chi connectivity index (χ1n) is 9.49. The van der Waals surface area contributed by atoms with E-state index in [-0.39, 0.29) is 11.5 Å². The number of aryl methyl sites for hydroxylation is 2. The van der Waals surface area contributed by atoms with Gasteiger partial charge in [-0.15, -0.1) is 0 Å². The summed E-state index contributed by atoms with van der Waals surface area (Å²) in [4.78, 5) is 12.5. The number of ether oxygens (including phenoxy) is 2. The summed E-state index contributed by atoms with van der Waals surface area (Å²) >= 11 is 0. The minimum Gasteiger partial charge on any atom is -0.495 e. The number of benzene rings is 2. The molecule has 29 heavy (non-hydrogen) atoms. The zero-order valence-corrected chi connectivity index (χ0v) is 17.7. The molecule has 0 saturated carbocycles. The molecule has 0 aliphatic carbocycles. The van der Waals surface area contributed by atoms with Gasteiger partial charge in [-0.2, -0.15) is 4.31 Å². The van der Waals surface area contributed by atoms with Gasteiger partial charge in [-0.3, -0.25) is 4.79 Å². The van der Waals surface area contributed by atoms with Gasteiger partial charge in [0.1, 0.15) is 11.5 Å². The lowest BCUT2D eigenvalue weighted by atomic mass is 10.1. The average Bonchev–Trinajstić information content (AvgIpc) is 3.24. The van der Waals surface area contributed by atoms with Crippen LogP contribution in [0.15, 0.2) is 41.3 Å². The summed E-state index contributed by atoms with van der Waals surface area (Å²) in [5, 5.41) is 2.70. The number of carbonyl (C=O) groups excluding carboxylic acids is 1. The summed E-state index contributed by atoms with van der Waals surface area (Å²) in [5.41, 5.74) is 2.26. The Morgan fingerprint density at radius 3 is 2.48 bits per heavy atom. The Morgan fingerprint density at radius 2 is 1.79 bits per heavy atom. The maximum absolute atomic E-state index is 12.8. The Balaban J connectivity index is 1.75. The molecule has 1 aliphatic rings. The number of rotatable bonds is 7. The molecule has 1 fully saturated rings. The van der Waals surface area contributed by atoms with Crippen LogP contribution < -0.4 is 14.8 Å². The third-order valence-corrected chi connectivity index (χ3v) is 6.74. The van der Waals surface area contributed by atoms with Crippen LogP contribution in [0.4, 0.5) is 5.69 Å². The highest BCUT2D eigenvalue weighted by Crippen LogP contribution is 2.30. The normalized spacial score (nSPS) is 14.6. The summed E-state index contributed by atoms with van der Waals surface area (Å²) in [5.74, 6) is 0.614. The van der Waals surface area contributed by atoms with Crippen molar-refractivity contribution in [2.24, 2.45) is 0 Å². The van der Waals surface area contributed by atoms with E-state index >= 15 is 0 Å². The zero-order chi connectivity index (χ0) is 21.0. The van der Waals surface area contributed by atoms with Crippen molar-refractivity contribution in [3.05, 3.63) is 47.5 Å². The number of amides is 1. The number of methoxy groups -OCH3 is 1. The minimum absolute atomic E-state index is 0.131. The van der Waals surface area contributed by atoms with Crippen LogP contribution >= 0.6 is 0 Å². The molecule has 1 saturated heterocycles. The van der Waals surface area contributed by atoms with Crippen molar-refractivity contribution >= 4 is 21.6 Å². The van der Waals surface area contributed by atoms with Crippen molar-refractivity contribution in [3.63, 3.8) is 0 Å². The molecule has 3 rings (SSSR count). The fourth-order valence-corrected chi connectivity index (χ4v) is 4.76. The van der Waals surface area contributed by atoms with Crippen LogP contribution in [-0.2, 0) is 14.8 Å². The van der Waals surface area contributed by atoms with Crippen LogP contribution in [-0.4, -0.2) is 45.4 Å². The molecule has 2 aromatic carbocycles. The summed E-state index contributed by atoms with van der Waals surface area (Å²) in [6.45, 7) is 4.68. The molecule has 0 atom stereocenters. The third-order valence-electron chi connectivity index (χ3n) is 4.85. The molecule has 1 amide bonds. The molecule has 1 aliphatic heterocycles. The molecule has 0 unspecified atom stereocenters. The largest absolute Gasteiger partial charge is 0.495 e. The molecule has 0 aromatic heterocycles. The Bertz CT molecular complexity index is 998. The highest BCUT2D eigenvalue weighted by Gasteiger charge is 2.28. The first-order valence-corrected chi connectivity index (χ1v) is 10.9. The van der Waals surface area contributed by atoms with Gasteiger partial charge in [0.15, 0.2) is 6.61 Å². The van der Waals surface area contributed by atoms with Crippen LogP contribution in [0.2, 0.25) is 0 Å². The highest BCUT2D eigenvalue weighted by atomic mass is 32.2. The monoisotopic (exact) mass is 418 g/mol. The van der Waals surface area contributed by atoms with E-state index in [2.05, 4.69) is 5.32 Å². The number of nitrogens with zero attached hydrogens (tertiary/aromatic N) is 1. The van der Waals surface area contributed by atoms with Gasteiger partial charge in [-0.25, -0.2) is 8.42 Å². The Labute approximate surface area is 171 Å². The summed E-state index contributed by atoms with van der Waals surface area (Å²) in [6.07, 6.45) is 1.71. The number of nitrogens with one attached hydrogen (secondary N) is 1. The van der Waals surface area contributed by atoms with Gasteiger partial charge in [-0.05, 0) is 62.1 Å². The Kier molecular flexibility index (Phi) is 6.44. The van der Waals surface area contributed by atoms with E-state index in [1.165, 1.54) is 23.5 Å². The quantitative estimate of drug-likeness (QED) is 0.747. The van der Waals surface area contributed by atoms with E-state index in [0.717, 1.165) is 24.0 Å². The van der Waals surface area contributed by atoms with E-state index in [1.807, 2.05) is 32.0 Å². The SMILES string of the molecule is COc1ccc(S(=O)(=O)N2CCCC2)cc1NC(=O)COc1cc(C)ccc1C. The number of hydrogen-bond donors (Lipinski definition) is 1. The van der Waals surface area contributed by atoms with Crippen molar-refractivity contribution in [3.8, 4) is 11.5 Å². The predicted molar refractivity (Wildman–Crippen MR) is 111 cm³/mol. The molecular formula is C21H26N2O5S.